The summed E-state index contributed by atoms with van der Waals surface area (Å²) in [6, 6.07) is 0.696. The fourth-order valence-electron chi connectivity index (χ4n) is 3.95. The van der Waals surface area contributed by atoms with E-state index in [1.165, 1.54) is 19.3 Å². The van der Waals surface area contributed by atoms with Gasteiger partial charge in [0.25, 0.3) is 0 Å². The van der Waals surface area contributed by atoms with Crippen molar-refractivity contribution in [2.24, 2.45) is 11.8 Å². The Morgan fingerprint density at radius 2 is 1.87 bits per heavy atom. The molecule has 1 heterocycles. The second-order valence-corrected chi connectivity index (χ2v) is 7.52. The Hall–Kier alpha value is -0.700. The summed E-state index contributed by atoms with van der Waals surface area (Å²) in [4.78, 5) is 25.6. The molecule has 0 spiro atoms. The third kappa shape index (κ3) is 7.60. The van der Waals surface area contributed by atoms with Crippen LogP contribution in [-0.4, -0.2) is 35.6 Å². The van der Waals surface area contributed by atoms with E-state index in [-0.39, 0.29) is 5.92 Å². The van der Waals surface area contributed by atoms with E-state index >= 15 is 0 Å². The van der Waals surface area contributed by atoms with Crippen molar-refractivity contribution in [1.29, 1.82) is 0 Å². The summed E-state index contributed by atoms with van der Waals surface area (Å²) in [6.07, 6.45) is 9.36. The van der Waals surface area contributed by atoms with Gasteiger partial charge in [0.2, 0.25) is 0 Å². The van der Waals surface area contributed by atoms with Crippen molar-refractivity contribution in [3.63, 3.8) is 0 Å². The number of hydrogen-bond donors (Lipinski definition) is 0. The average molecular weight is 324 g/mol. The quantitative estimate of drug-likeness (QED) is 0.491. The normalized spacial score (nSPS) is 23.1. The number of carbonyl (C=O) groups excluding carboxylic acids is 2. The molecule has 0 aromatic carbocycles. The van der Waals surface area contributed by atoms with Gasteiger partial charge in [0.15, 0.2) is 0 Å². The fourth-order valence-corrected chi connectivity index (χ4v) is 3.95. The zero-order valence-electron chi connectivity index (χ0n) is 15.8. The largest absolute Gasteiger partial charge is 0.300 e. The highest BCUT2D eigenvalue weighted by Crippen LogP contribution is 2.31. The number of unbranched alkanes of at least 4 members (excludes halogenated alkanes) is 2. The Morgan fingerprint density at radius 1 is 1.13 bits per heavy atom. The summed E-state index contributed by atoms with van der Waals surface area (Å²) >= 11 is 0. The molecule has 3 atom stereocenters. The number of likely N-dealkylation sites (tertiary alicyclic amines) is 1. The SMILES string of the molecule is CCCC(=O)C(C)CC1CC(CC)N(CCCCCC(C)=O)C1. The zero-order chi connectivity index (χ0) is 17.2. The summed E-state index contributed by atoms with van der Waals surface area (Å²) < 4.78 is 0. The molecule has 0 aliphatic carbocycles. The minimum absolute atomic E-state index is 0.230. The molecule has 134 valence electrons. The third-order valence-electron chi connectivity index (χ3n) is 5.29. The Balaban J connectivity index is 2.32. The molecule has 1 aliphatic rings. The lowest BCUT2D eigenvalue weighted by Gasteiger charge is -2.23. The van der Waals surface area contributed by atoms with Crippen LogP contribution in [0.2, 0.25) is 0 Å². The lowest BCUT2D eigenvalue weighted by molar-refractivity contribution is -0.123. The van der Waals surface area contributed by atoms with Gasteiger partial charge in [-0.3, -0.25) is 4.79 Å². The molecule has 0 aromatic rings. The molecule has 23 heavy (non-hydrogen) atoms. The number of hydrogen-bond acceptors (Lipinski definition) is 3. The predicted molar refractivity (Wildman–Crippen MR) is 96.6 cm³/mol. The lowest BCUT2D eigenvalue weighted by atomic mass is 9.89. The highest BCUT2D eigenvalue weighted by molar-refractivity contribution is 5.80. The highest BCUT2D eigenvalue weighted by Gasteiger charge is 2.32. The number of carbonyl (C=O) groups is 2. The molecular formula is C20H37NO2. The van der Waals surface area contributed by atoms with Crippen molar-refractivity contribution in [3.8, 4) is 0 Å². The molecule has 0 aromatic heterocycles. The van der Waals surface area contributed by atoms with Gasteiger partial charge in [-0.15, -0.1) is 0 Å². The van der Waals surface area contributed by atoms with Gasteiger partial charge >= 0.3 is 0 Å². The number of nitrogens with zero attached hydrogens (tertiary/aromatic N) is 1. The van der Waals surface area contributed by atoms with Crippen LogP contribution in [0.15, 0.2) is 0 Å². The number of rotatable bonds is 12. The van der Waals surface area contributed by atoms with Crippen LogP contribution >= 0.6 is 0 Å². The van der Waals surface area contributed by atoms with Crippen molar-refractivity contribution in [3.05, 3.63) is 0 Å². The van der Waals surface area contributed by atoms with Crippen LogP contribution in [0.3, 0.4) is 0 Å². The molecule has 1 rings (SSSR count). The van der Waals surface area contributed by atoms with Gasteiger partial charge in [-0.05, 0) is 57.9 Å². The van der Waals surface area contributed by atoms with Gasteiger partial charge in [0.05, 0.1) is 0 Å². The predicted octanol–water partition coefficient (Wildman–Crippen LogP) is 4.63. The van der Waals surface area contributed by atoms with Crippen LogP contribution in [0.5, 0.6) is 0 Å². The van der Waals surface area contributed by atoms with Crippen LogP contribution < -0.4 is 0 Å². The van der Waals surface area contributed by atoms with Crippen LogP contribution in [0.4, 0.5) is 0 Å². The van der Waals surface area contributed by atoms with Crippen molar-refractivity contribution in [1.82, 2.24) is 4.90 Å². The zero-order valence-corrected chi connectivity index (χ0v) is 15.8. The van der Waals surface area contributed by atoms with Gasteiger partial charge in [-0.1, -0.05) is 27.2 Å². The summed E-state index contributed by atoms with van der Waals surface area (Å²) in [7, 11) is 0. The molecule has 0 bridgehead atoms. The molecule has 3 heteroatoms. The minimum atomic E-state index is 0.230. The number of ketones is 2. The summed E-state index contributed by atoms with van der Waals surface area (Å²) in [5, 5.41) is 0. The first-order valence-electron chi connectivity index (χ1n) is 9.74. The highest BCUT2D eigenvalue weighted by atomic mass is 16.1. The molecule has 3 unspecified atom stereocenters. The van der Waals surface area contributed by atoms with Gasteiger partial charge in [-0.25, -0.2) is 0 Å². The molecule has 1 fully saturated rings. The van der Waals surface area contributed by atoms with Gasteiger partial charge in [-0.2, -0.15) is 0 Å². The Bertz CT molecular complexity index is 367. The second kappa shape index (κ2) is 11.0. The van der Waals surface area contributed by atoms with Crippen molar-refractivity contribution < 1.29 is 9.59 Å². The lowest BCUT2D eigenvalue weighted by Crippen LogP contribution is -2.30. The summed E-state index contributed by atoms with van der Waals surface area (Å²) in [5.41, 5.74) is 0. The van der Waals surface area contributed by atoms with Gasteiger partial charge in [0.1, 0.15) is 11.6 Å². The Labute approximate surface area is 143 Å². The minimum Gasteiger partial charge on any atom is -0.300 e. The van der Waals surface area contributed by atoms with E-state index < -0.39 is 0 Å². The average Bonchev–Trinajstić information content (AvgIpc) is 2.88. The van der Waals surface area contributed by atoms with Crippen molar-refractivity contribution >= 4 is 11.6 Å². The van der Waals surface area contributed by atoms with Gasteiger partial charge < -0.3 is 9.69 Å². The topological polar surface area (TPSA) is 37.4 Å². The van der Waals surface area contributed by atoms with Crippen LogP contribution in [0.25, 0.3) is 0 Å². The van der Waals surface area contributed by atoms with Crippen LogP contribution in [0, 0.1) is 11.8 Å². The molecule has 0 N–H and O–H groups in total. The van der Waals surface area contributed by atoms with Crippen molar-refractivity contribution in [2.45, 2.75) is 91.5 Å². The van der Waals surface area contributed by atoms with Crippen LogP contribution in [0.1, 0.15) is 85.5 Å². The number of Topliss-reactive ketones (excluding diaryl/α,β-unsaturated/α-hetero) is 2. The Morgan fingerprint density at radius 3 is 2.48 bits per heavy atom. The second-order valence-electron chi connectivity index (χ2n) is 7.52. The van der Waals surface area contributed by atoms with Gasteiger partial charge in [0, 0.05) is 31.3 Å². The first kappa shape index (κ1) is 20.3. The molecule has 0 radical (unpaired) electrons. The summed E-state index contributed by atoms with van der Waals surface area (Å²) in [5.74, 6) is 1.67. The summed E-state index contributed by atoms with van der Waals surface area (Å²) in [6.45, 7) is 10.5. The first-order chi connectivity index (χ1) is 11.0. The maximum absolute atomic E-state index is 12.0. The van der Waals surface area contributed by atoms with E-state index in [0.29, 0.717) is 23.5 Å². The Kier molecular flexibility index (Phi) is 9.69. The maximum atomic E-state index is 12.0. The smallest absolute Gasteiger partial charge is 0.135 e. The standard InChI is InChI=1S/C20H37NO2/c1-5-10-20(23)16(3)13-18-14-19(6-2)21(15-18)12-9-7-8-11-17(4)22/h16,18-19H,5-15H2,1-4H3. The first-order valence-corrected chi connectivity index (χ1v) is 9.74. The molecular weight excluding hydrogens is 286 g/mol. The van der Waals surface area contributed by atoms with E-state index in [2.05, 4.69) is 25.7 Å². The van der Waals surface area contributed by atoms with E-state index in [0.717, 1.165) is 51.6 Å². The van der Waals surface area contributed by atoms with Crippen molar-refractivity contribution in [2.75, 3.05) is 13.1 Å². The molecule has 0 saturated carbocycles. The molecule has 3 nitrogen and oxygen atoms in total. The van der Waals surface area contributed by atoms with Crippen LogP contribution in [-0.2, 0) is 9.59 Å². The molecule has 1 saturated heterocycles. The van der Waals surface area contributed by atoms with E-state index in [1.807, 2.05) is 0 Å². The molecule has 0 amide bonds. The molecule has 1 aliphatic heterocycles. The van der Waals surface area contributed by atoms with E-state index in [9.17, 15) is 9.59 Å². The maximum Gasteiger partial charge on any atom is 0.135 e. The fraction of sp³-hybridized carbons (Fsp3) is 0.900. The van der Waals surface area contributed by atoms with E-state index in [1.54, 1.807) is 6.92 Å². The monoisotopic (exact) mass is 323 g/mol. The third-order valence-corrected chi connectivity index (χ3v) is 5.29. The van der Waals surface area contributed by atoms with E-state index in [4.69, 9.17) is 0 Å².